The summed E-state index contributed by atoms with van der Waals surface area (Å²) < 4.78 is 38.7. The lowest BCUT2D eigenvalue weighted by molar-refractivity contribution is -0.141. The quantitative estimate of drug-likeness (QED) is 0.820. The minimum atomic E-state index is -4.61. The lowest BCUT2D eigenvalue weighted by Crippen LogP contribution is -2.38. The van der Waals surface area contributed by atoms with Crippen LogP contribution in [-0.4, -0.2) is 11.3 Å². The fraction of sp³-hybridized carbons (Fsp3) is 0.133. The largest absolute Gasteiger partial charge is 0.433 e. The molecular formula is C15H11ClF3N5. The van der Waals surface area contributed by atoms with E-state index in [0.717, 1.165) is 11.8 Å². The molecular weight excluding hydrogens is 343 g/mol. The number of hydrogen-bond donors (Lipinski definition) is 1. The third kappa shape index (κ3) is 3.39. The SMILES string of the molecule is NC1N=NC(c2cc(Cl)nc(C(F)(F)F)c2)=CN1c1ccccc1. The van der Waals surface area contributed by atoms with Crippen LogP contribution in [0.2, 0.25) is 5.15 Å². The van der Waals surface area contributed by atoms with Gasteiger partial charge in [0.25, 0.3) is 0 Å². The Morgan fingerprint density at radius 1 is 1.12 bits per heavy atom. The molecule has 0 aliphatic carbocycles. The molecule has 5 nitrogen and oxygen atoms in total. The van der Waals surface area contributed by atoms with Gasteiger partial charge in [0.2, 0.25) is 0 Å². The molecule has 0 saturated carbocycles. The monoisotopic (exact) mass is 353 g/mol. The molecule has 1 aliphatic heterocycles. The summed E-state index contributed by atoms with van der Waals surface area (Å²) in [5.74, 6) is 0. The summed E-state index contributed by atoms with van der Waals surface area (Å²) in [6, 6.07) is 11.2. The molecule has 0 radical (unpaired) electrons. The lowest BCUT2D eigenvalue weighted by Gasteiger charge is -2.27. The van der Waals surface area contributed by atoms with Gasteiger partial charge in [-0.05, 0) is 24.3 Å². The van der Waals surface area contributed by atoms with Crippen molar-refractivity contribution in [1.82, 2.24) is 4.98 Å². The molecule has 1 unspecified atom stereocenters. The van der Waals surface area contributed by atoms with Gasteiger partial charge >= 0.3 is 6.18 Å². The van der Waals surface area contributed by atoms with E-state index in [1.165, 1.54) is 12.3 Å². The van der Waals surface area contributed by atoms with Crippen molar-refractivity contribution in [3.8, 4) is 0 Å². The molecule has 124 valence electrons. The highest BCUT2D eigenvalue weighted by atomic mass is 35.5. The molecule has 1 aromatic heterocycles. The molecule has 1 aromatic carbocycles. The van der Waals surface area contributed by atoms with Gasteiger partial charge in [0.15, 0.2) is 6.29 Å². The Labute approximate surface area is 140 Å². The van der Waals surface area contributed by atoms with Crippen molar-refractivity contribution in [3.05, 3.63) is 65.1 Å². The average Bonchev–Trinajstić information content (AvgIpc) is 2.55. The second-order valence-corrected chi connectivity index (χ2v) is 5.34. The fourth-order valence-electron chi connectivity index (χ4n) is 2.16. The van der Waals surface area contributed by atoms with Crippen molar-refractivity contribution in [2.24, 2.45) is 16.0 Å². The van der Waals surface area contributed by atoms with Crippen molar-refractivity contribution in [1.29, 1.82) is 0 Å². The topological polar surface area (TPSA) is 66.9 Å². The molecule has 3 rings (SSSR count). The second kappa shape index (κ2) is 6.21. The first-order chi connectivity index (χ1) is 11.3. The van der Waals surface area contributed by atoms with Gasteiger partial charge in [-0.3, -0.25) is 5.73 Å². The Morgan fingerprint density at radius 2 is 1.83 bits per heavy atom. The number of aromatic nitrogens is 1. The number of halogens is 4. The van der Waals surface area contributed by atoms with Crippen molar-refractivity contribution >= 4 is 23.0 Å². The van der Waals surface area contributed by atoms with E-state index >= 15 is 0 Å². The minimum Gasteiger partial charge on any atom is -0.310 e. The first kappa shape index (κ1) is 16.4. The van der Waals surface area contributed by atoms with Crippen LogP contribution in [0.1, 0.15) is 11.3 Å². The van der Waals surface area contributed by atoms with Crippen LogP contribution in [0.25, 0.3) is 5.70 Å². The highest BCUT2D eigenvalue weighted by molar-refractivity contribution is 6.29. The number of alkyl halides is 3. The molecule has 0 fully saturated rings. The number of anilines is 1. The molecule has 2 N–H and O–H groups in total. The number of nitrogens with zero attached hydrogens (tertiary/aromatic N) is 4. The molecule has 2 aromatic rings. The van der Waals surface area contributed by atoms with Crippen LogP contribution >= 0.6 is 11.6 Å². The van der Waals surface area contributed by atoms with Gasteiger partial charge in [-0.25, -0.2) is 4.98 Å². The van der Waals surface area contributed by atoms with Gasteiger partial charge in [-0.2, -0.15) is 18.3 Å². The first-order valence-electron chi connectivity index (χ1n) is 6.81. The Kier molecular flexibility index (Phi) is 4.25. The van der Waals surface area contributed by atoms with Crippen LogP contribution in [0.15, 0.2) is 58.9 Å². The van der Waals surface area contributed by atoms with Crippen molar-refractivity contribution in [3.63, 3.8) is 0 Å². The van der Waals surface area contributed by atoms with Gasteiger partial charge in [0.05, 0.1) is 0 Å². The van der Waals surface area contributed by atoms with E-state index in [1.54, 1.807) is 17.0 Å². The van der Waals surface area contributed by atoms with Crippen LogP contribution < -0.4 is 10.6 Å². The first-order valence-corrected chi connectivity index (χ1v) is 7.19. The molecule has 0 saturated heterocycles. The minimum absolute atomic E-state index is 0.152. The Balaban J connectivity index is 2.03. The molecule has 2 heterocycles. The molecule has 1 aliphatic rings. The zero-order chi connectivity index (χ0) is 17.3. The van der Waals surface area contributed by atoms with Crippen molar-refractivity contribution in [2.45, 2.75) is 12.5 Å². The van der Waals surface area contributed by atoms with Crippen LogP contribution in [0.4, 0.5) is 18.9 Å². The normalized spacial score (nSPS) is 17.8. The number of pyridine rings is 1. The van der Waals surface area contributed by atoms with Crippen LogP contribution in [0.3, 0.4) is 0 Å². The second-order valence-electron chi connectivity index (χ2n) is 4.95. The Morgan fingerprint density at radius 3 is 2.50 bits per heavy atom. The predicted octanol–water partition coefficient (Wildman–Crippen LogP) is 4.27. The van der Waals surface area contributed by atoms with E-state index in [0.29, 0.717) is 0 Å². The van der Waals surface area contributed by atoms with Gasteiger partial charge in [0.1, 0.15) is 16.5 Å². The third-order valence-electron chi connectivity index (χ3n) is 3.26. The van der Waals surface area contributed by atoms with Crippen LogP contribution in [0, 0.1) is 0 Å². The van der Waals surface area contributed by atoms with E-state index in [-0.39, 0.29) is 16.4 Å². The maximum absolute atomic E-state index is 12.9. The van der Waals surface area contributed by atoms with E-state index in [9.17, 15) is 13.2 Å². The average molecular weight is 354 g/mol. The maximum Gasteiger partial charge on any atom is 0.433 e. The summed E-state index contributed by atoms with van der Waals surface area (Å²) in [5.41, 5.74) is 5.88. The van der Waals surface area contributed by atoms with E-state index in [1.807, 2.05) is 18.2 Å². The fourth-order valence-corrected chi connectivity index (χ4v) is 2.37. The number of hydrogen-bond acceptors (Lipinski definition) is 5. The molecule has 9 heteroatoms. The standard InChI is InChI=1S/C15H11ClF3N5/c16-13-7-9(6-12(21-13)15(17,18)19)11-8-24(14(20)23-22-11)10-4-2-1-3-5-10/h1-8,14H,20H2. The van der Waals surface area contributed by atoms with Crippen LogP contribution in [0.5, 0.6) is 0 Å². The highest BCUT2D eigenvalue weighted by Crippen LogP contribution is 2.33. The Hall–Kier alpha value is -2.45. The summed E-state index contributed by atoms with van der Waals surface area (Å²) in [6.45, 7) is 0. The Bertz CT molecular complexity index is 805. The molecule has 1 atom stereocenters. The third-order valence-corrected chi connectivity index (χ3v) is 3.46. The molecule has 0 amide bonds. The van der Waals surface area contributed by atoms with Crippen molar-refractivity contribution in [2.75, 3.05) is 4.90 Å². The number of azo groups is 1. The van der Waals surface area contributed by atoms with E-state index < -0.39 is 18.2 Å². The van der Waals surface area contributed by atoms with Gasteiger partial charge in [0, 0.05) is 17.5 Å². The van der Waals surface area contributed by atoms with Crippen molar-refractivity contribution < 1.29 is 13.2 Å². The lowest BCUT2D eigenvalue weighted by atomic mass is 10.1. The summed E-state index contributed by atoms with van der Waals surface area (Å²) in [7, 11) is 0. The number of para-hydroxylation sites is 1. The summed E-state index contributed by atoms with van der Waals surface area (Å²) >= 11 is 5.71. The van der Waals surface area contributed by atoms with Gasteiger partial charge in [-0.15, -0.1) is 5.11 Å². The predicted molar refractivity (Wildman–Crippen MR) is 84.0 cm³/mol. The summed E-state index contributed by atoms with van der Waals surface area (Å²) in [6.07, 6.45) is -3.85. The van der Waals surface area contributed by atoms with Crippen LogP contribution in [-0.2, 0) is 6.18 Å². The maximum atomic E-state index is 12.9. The summed E-state index contributed by atoms with van der Waals surface area (Å²) in [5, 5.41) is 7.49. The molecule has 0 spiro atoms. The van der Waals surface area contributed by atoms with Gasteiger partial charge < -0.3 is 4.90 Å². The highest BCUT2D eigenvalue weighted by Gasteiger charge is 2.33. The van der Waals surface area contributed by atoms with Gasteiger partial charge in [-0.1, -0.05) is 29.8 Å². The molecule has 0 bridgehead atoms. The summed E-state index contributed by atoms with van der Waals surface area (Å²) in [4.78, 5) is 4.90. The van der Waals surface area contributed by atoms with E-state index in [2.05, 4.69) is 15.2 Å². The zero-order valence-electron chi connectivity index (χ0n) is 12.1. The smallest absolute Gasteiger partial charge is 0.310 e. The van der Waals surface area contributed by atoms with E-state index in [4.69, 9.17) is 17.3 Å². The number of nitrogens with two attached hydrogens (primary N) is 1. The number of rotatable bonds is 2. The number of benzene rings is 1. The zero-order valence-corrected chi connectivity index (χ0v) is 12.8. The molecule has 24 heavy (non-hydrogen) atoms.